The van der Waals surface area contributed by atoms with Crippen LogP contribution in [0.25, 0.3) is 55.7 Å². The van der Waals surface area contributed by atoms with Crippen LogP contribution in [0.3, 0.4) is 0 Å². The molecule has 1 fully saturated rings. The van der Waals surface area contributed by atoms with E-state index in [-0.39, 0.29) is 17.6 Å². The SMILES string of the molecule is O=C(Nc1cncc(-c2ccc3[nH]nc(-c4cc5c(-c6cccc(F)c6)cccc5[nH]4)c3n2)c1)C1CCCCC1. The lowest BCUT2D eigenvalue weighted by atomic mass is 9.88. The maximum atomic E-state index is 14.0. The van der Waals surface area contributed by atoms with Gasteiger partial charge in [0.2, 0.25) is 5.91 Å². The summed E-state index contributed by atoms with van der Waals surface area (Å²) >= 11 is 0. The van der Waals surface area contributed by atoms with Gasteiger partial charge >= 0.3 is 0 Å². The molecule has 0 radical (unpaired) electrons. The van der Waals surface area contributed by atoms with Gasteiger partial charge in [-0.15, -0.1) is 0 Å². The number of carbonyl (C=O) groups excluding carboxylic acids is 1. The van der Waals surface area contributed by atoms with E-state index in [0.29, 0.717) is 16.9 Å². The summed E-state index contributed by atoms with van der Waals surface area (Å²) in [7, 11) is 0. The average Bonchev–Trinajstić information content (AvgIpc) is 3.61. The van der Waals surface area contributed by atoms with Crippen molar-refractivity contribution in [3.8, 4) is 33.8 Å². The van der Waals surface area contributed by atoms with Crippen molar-refractivity contribution in [3.05, 3.63) is 84.9 Å². The third-order valence-corrected chi connectivity index (χ3v) is 7.74. The molecular formula is C32H27FN6O. The second-order valence-corrected chi connectivity index (χ2v) is 10.4. The highest BCUT2D eigenvalue weighted by atomic mass is 19.1. The number of halogens is 1. The van der Waals surface area contributed by atoms with Crippen molar-refractivity contribution in [2.24, 2.45) is 5.92 Å². The minimum Gasteiger partial charge on any atom is -0.353 e. The van der Waals surface area contributed by atoms with E-state index in [4.69, 9.17) is 4.98 Å². The van der Waals surface area contributed by atoms with Crippen LogP contribution in [0.1, 0.15) is 32.1 Å². The van der Waals surface area contributed by atoms with Gasteiger partial charge in [0.15, 0.2) is 0 Å². The Labute approximate surface area is 229 Å². The number of nitrogens with one attached hydrogen (secondary N) is 3. The number of carbonyl (C=O) groups is 1. The largest absolute Gasteiger partial charge is 0.353 e. The molecule has 2 aromatic carbocycles. The number of fused-ring (bicyclic) bond motifs is 2. The van der Waals surface area contributed by atoms with E-state index >= 15 is 0 Å². The minimum atomic E-state index is -0.271. The van der Waals surface area contributed by atoms with E-state index in [1.807, 2.05) is 48.5 Å². The number of anilines is 1. The molecular weight excluding hydrogens is 503 g/mol. The molecule has 0 saturated heterocycles. The fourth-order valence-electron chi connectivity index (χ4n) is 5.70. The van der Waals surface area contributed by atoms with E-state index < -0.39 is 0 Å². The number of benzene rings is 2. The second kappa shape index (κ2) is 10.0. The van der Waals surface area contributed by atoms with Gasteiger partial charge in [-0.05, 0) is 66.4 Å². The third kappa shape index (κ3) is 4.51. The molecule has 0 aliphatic heterocycles. The summed E-state index contributed by atoms with van der Waals surface area (Å²) in [4.78, 5) is 25.5. The second-order valence-electron chi connectivity index (χ2n) is 10.4. The molecule has 198 valence electrons. The van der Waals surface area contributed by atoms with Crippen LogP contribution in [0.4, 0.5) is 10.1 Å². The molecule has 7 nitrogen and oxygen atoms in total. The normalized spacial score (nSPS) is 14.1. The van der Waals surface area contributed by atoms with Gasteiger partial charge in [-0.25, -0.2) is 9.37 Å². The standard InChI is InChI=1S/C32H27FN6O/c33-22-9-4-8-20(14-22)24-10-5-11-27-25(24)16-29(36-27)31-30-28(38-39-31)13-12-26(37-30)21-15-23(18-34-17-21)35-32(40)19-6-2-1-3-7-19/h4-5,8-19,36H,1-3,6-7H2,(H,35,40)(H,38,39). The number of pyridine rings is 2. The zero-order valence-corrected chi connectivity index (χ0v) is 21.7. The van der Waals surface area contributed by atoms with Gasteiger partial charge in [0.25, 0.3) is 0 Å². The predicted molar refractivity (Wildman–Crippen MR) is 155 cm³/mol. The smallest absolute Gasteiger partial charge is 0.227 e. The number of nitrogens with zero attached hydrogens (tertiary/aromatic N) is 3. The molecule has 0 bridgehead atoms. The number of hydrogen-bond donors (Lipinski definition) is 3. The van der Waals surface area contributed by atoms with Crippen molar-refractivity contribution in [2.45, 2.75) is 32.1 Å². The Morgan fingerprint density at radius 1 is 0.900 bits per heavy atom. The lowest BCUT2D eigenvalue weighted by Gasteiger charge is -2.20. The first-order valence-corrected chi connectivity index (χ1v) is 13.6. The molecule has 0 spiro atoms. The van der Waals surface area contributed by atoms with Crippen LogP contribution in [0, 0.1) is 11.7 Å². The van der Waals surface area contributed by atoms with Gasteiger partial charge in [-0.2, -0.15) is 5.10 Å². The van der Waals surface area contributed by atoms with Crippen LogP contribution in [-0.4, -0.2) is 31.1 Å². The predicted octanol–water partition coefficient (Wildman–Crippen LogP) is 7.49. The van der Waals surface area contributed by atoms with Crippen molar-refractivity contribution in [2.75, 3.05) is 5.32 Å². The average molecular weight is 531 g/mol. The minimum absolute atomic E-state index is 0.0654. The van der Waals surface area contributed by atoms with Gasteiger partial charge in [0.1, 0.15) is 17.0 Å². The summed E-state index contributed by atoms with van der Waals surface area (Å²) in [5, 5.41) is 11.7. The van der Waals surface area contributed by atoms with Gasteiger partial charge in [-0.1, -0.05) is 43.5 Å². The summed E-state index contributed by atoms with van der Waals surface area (Å²) in [6, 6.07) is 20.4. The van der Waals surface area contributed by atoms with Crippen molar-refractivity contribution in [1.82, 2.24) is 25.1 Å². The van der Waals surface area contributed by atoms with E-state index in [9.17, 15) is 9.18 Å². The Hall–Kier alpha value is -4.85. The number of rotatable bonds is 5. The number of aromatic amines is 2. The molecule has 1 aliphatic carbocycles. The van der Waals surface area contributed by atoms with Crippen molar-refractivity contribution in [1.29, 1.82) is 0 Å². The van der Waals surface area contributed by atoms with E-state index in [2.05, 4.69) is 25.5 Å². The lowest BCUT2D eigenvalue weighted by molar-refractivity contribution is -0.120. The van der Waals surface area contributed by atoms with Gasteiger partial charge in [-0.3, -0.25) is 14.9 Å². The quantitative estimate of drug-likeness (QED) is 0.215. The molecule has 1 saturated carbocycles. The first-order valence-electron chi connectivity index (χ1n) is 13.6. The molecule has 8 heteroatoms. The number of hydrogen-bond acceptors (Lipinski definition) is 4. The van der Waals surface area contributed by atoms with Gasteiger partial charge in [0.05, 0.1) is 28.8 Å². The number of H-pyrrole nitrogens is 2. The molecule has 0 atom stereocenters. The van der Waals surface area contributed by atoms with Crippen LogP contribution < -0.4 is 5.32 Å². The summed E-state index contributed by atoms with van der Waals surface area (Å²) in [6.07, 6.45) is 8.73. The Morgan fingerprint density at radius 3 is 2.65 bits per heavy atom. The molecule has 4 heterocycles. The van der Waals surface area contributed by atoms with Crippen molar-refractivity contribution >= 4 is 33.5 Å². The molecule has 40 heavy (non-hydrogen) atoms. The summed E-state index contributed by atoms with van der Waals surface area (Å²) in [6.45, 7) is 0. The summed E-state index contributed by atoms with van der Waals surface area (Å²) in [5.74, 6) is -0.138. The number of amides is 1. The highest BCUT2D eigenvalue weighted by molar-refractivity contribution is 6.00. The first-order chi connectivity index (χ1) is 19.6. The fraction of sp³-hybridized carbons (Fsp3) is 0.188. The van der Waals surface area contributed by atoms with Gasteiger partial charge < -0.3 is 10.3 Å². The monoisotopic (exact) mass is 530 g/mol. The van der Waals surface area contributed by atoms with Crippen LogP contribution >= 0.6 is 0 Å². The zero-order chi connectivity index (χ0) is 27.1. The Balaban J connectivity index is 1.23. The third-order valence-electron chi connectivity index (χ3n) is 7.74. The first kappa shape index (κ1) is 24.2. The molecule has 1 aliphatic rings. The van der Waals surface area contributed by atoms with Crippen LogP contribution in [0.5, 0.6) is 0 Å². The lowest BCUT2D eigenvalue weighted by Crippen LogP contribution is -2.24. The van der Waals surface area contributed by atoms with Crippen molar-refractivity contribution < 1.29 is 9.18 Å². The Kier molecular flexibility index (Phi) is 6.07. The molecule has 3 N–H and O–H groups in total. The molecule has 1 amide bonds. The maximum absolute atomic E-state index is 14.0. The molecule has 0 unspecified atom stereocenters. The number of aromatic nitrogens is 5. The maximum Gasteiger partial charge on any atom is 0.227 e. The highest BCUT2D eigenvalue weighted by Crippen LogP contribution is 2.34. The zero-order valence-electron chi connectivity index (χ0n) is 21.7. The molecule has 7 rings (SSSR count). The van der Waals surface area contributed by atoms with Gasteiger partial charge in [0, 0.05) is 28.6 Å². The highest BCUT2D eigenvalue weighted by Gasteiger charge is 2.21. The van der Waals surface area contributed by atoms with Crippen LogP contribution in [-0.2, 0) is 4.79 Å². The van der Waals surface area contributed by atoms with E-state index in [1.165, 1.54) is 12.5 Å². The molecule has 6 aromatic rings. The summed E-state index contributed by atoms with van der Waals surface area (Å²) < 4.78 is 14.0. The van der Waals surface area contributed by atoms with E-state index in [0.717, 1.165) is 70.2 Å². The molecule has 4 aromatic heterocycles. The fourth-order valence-corrected chi connectivity index (χ4v) is 5.70. The van der Waals surface area contributed by atoms with Crippen LogP contribution in [0.2, 0.25) is 0 Å². The topological polar surface area (TPSA) is 99.4 Å². The van der Waals surface area contributed by atoms with Crippen molar-refractivity contribution in [3.63, 3.8) is 0 Å². The Bertz CT molecular complexity index is 1870. The van der Waals surface area contributed by atoms with E-state index in [1.54, 1.807) is 24.5 Å². The Morgan fingerprint density at radius 2 is 1.77 bits per heavy atom. The van der Waals surface area contributed by atoms with Crippen LogP contribution in [0.15, 0.2) is 79.1 Å². The summed E-state index contributed by atoms with van der Waals surface area (Å²) in [5.41, 5.74) is 7.89.